The Morgan fingerprint density at radius 3 is 1.67 bits per heavy atom. The van der Waals surface area contributed by atoms with E-state index in [4.69, 9.17) is 9.47 Å². The van der Waals surface area contributed by atoms with Gasteiger partial charge in [-0.25, -0.2) is 0 Å². The molecule has 0 aromatic carbocycles. The van der Waals surface area contributed by atoms with Crippen molar-refractivity contribution in [2.75, 3.05) is 0 Å². The van der Waals surface area contributed by atoms with E-state index in [9.17, 15) is 0 Å². The Labute approximate surface area is 91.3 Å². The van der Waals surface area contributed by atoms with E-state index in [0.29, 0.717) is 24.4 Å². The van der Waals surface area contributed by atoms with E-state index < -0.39 is 0 Å². The lowest BCUT2D eigenvalue weighted by Crippen LogP contribution is -2.20. The molecular formula is C13H20O2. The van der Waals surface area contributed by atoms with Crippen LogP contribution in [0.2, 0.25) is 0 Å². The van der Waals surface area contributed by atoms with Gasteiger partial charge in [-0.05, 0) is 56.8 Å². The highest BCUT2D eigenvalue weighted by Crippen LogP contribution is 2.46. The zero-order valence-electron chi connectivity index (χ0n) is 9.23. The van der Waals surface area contributed by atoms with Gasteiger partial charge < -0.3 is 9.47 Å². The Morgan fingerprint density at radius 1 is 0.667 bits per heavy atom. The highest BCUT2D eigenvalue weighted by molar-refractivity contribution is 4.95. The molecular weight excluding hydrogens is 188 g/mol. The molecule has 84 valence electrons. The molecule has 2 saturated heterocycles. The summed E-state index contributed by atoms with van der Waals surface area (Å²) in [6.07, 6.45) is 12.4. The van der Waals surface area contributed by atoms with Gasteiger partial charge in [0.2, 0.25) is 0 Å². The van der Waals surface area contributed by atoms with E-state index in [1.165, 1.54) is 44.9 Å². The minimum Gasteiger partial charge on any atom is -0.370 e. The van der Waals surface area contributed by atoms with E-state index in [0.717, 1.165) is 11.8 Å². The van der Waals surface area contributed by atoms with Gasteiger partial charge in [-0.3, -0.25) is 0 Å². The van der Waals surface area contributed by atoms with Gasteiger partial charge in [0.1, 0.15) is 0 Å². The zero-order chi connectivity index (χ0) is 9.83. The van der Waals surface area contributed by atoms with Gasteiger partial charge in [-0.2, -0.15) is 0 Å². The van der Waals surface area contributed by atoms with Gasteiger partial charge >= 0.3 is 0 Å². The maximum absolute atomic E-state index is 5.60. The average molecular weight is 208 g/mol. The number of rotatable bonds is 2. The summed E-state index contributed by atoms with van der Waals surface area (Å²) in [5, 5.41) is 0. The molecule has 2 heteroatoms. The first-order chi connectivity index (χ1) is 7.38. The Hall–Kier alpha value is -0.0800. The molecule has 2 aliphatic carbocycles. The topological polar surface area (TPSA) is 25.1 Å². The molecule has 0 amide bonds. The Balaban J connectivity index is 1.31. The maximum atomic E-state index is 5.60. The zero-order valence-corrected chi connectivity index (χ0v) is 9.23. The van der Waals surface area contributed by atoms with E-state index in [1.54, 1.807) is 0 Å². The van der Waals surface area contributed by atoms with Crippen molar-refractivity contribution in [1.82, 2.24) is 0 Å². The third-order valence-electron chi connectivity index (χ3n) is 4.89. The number of hydrogen-bond donors (Lipinski definition) is 0. The lowest BCUT2D eigenvalue weighted by molar-refractivity contribution is 0.264. The first-order valence-corrected chi connectivity index (χ1v) is 6.69. The summed E-state index contributed by atoms with van der Waals surface area (Å²) in [6, 6.07) is 0. The monoisotopic (exact) mass is 208 g/mol. The molecule has 2 saturated carbocycles. The van der Waals surface area contributed by atoms with Crippen molar-refractivity contribution >= 4 is 0 Å². The molecule has 0 aromatic rings. The van der Waals surface area contributed by atoms with Crippen molar-refractivity contribution in [3.8, 4) is 0 Å². The predicted molar refractivity (Wildman–Crippen MR) is 56.6 cm³/mol. The molecule has 4 rings (SSSR count). The molecule has 0 N–H and O–H groups in total. The average Bonchev–Trinajstić information content (AvgIpc) is 3.11. The van der Waals surface area contributed by atoms with Gasteiger partial charge in [0.25, 0.3) is 0 Å². The summed E-state index contributed by atoms with van der Waals surface area (Å²) in [4.78, 5) is 0. The van der Waals surface area contributed by atoms with Crippen LogP contribution in [0.4, 0.5) is 0 Å². The molecule has 2 nitrogen and oxygen atoms in total. The summed E-state index contributed by atoms with van der Waals surface area (Å²) in [5.41, 5.74) is 0. The van der Waals surface area contributed by atoms with Gasteiger partial charge in [0.05, 0.1) is 24.4 Å². The third-order valence-corrected chi connectivity index (χ3v) is 4.89. The van der Waals surface area contributed by atoms with Crippen molar-refractivity contribution in [3.63, 3.8) is 0 Å². The fraction of sp³-hybridized carbons (Fsp3) is 1.00. The van der Waals surface area contributed by atoms with Crippen LogP contribution in [0.15, 0.2) is 0 Å². The third kappa shape index (κ3) is 1.72. The van der Waals surface area contributed by atoms with Crippen LogP contribution in [0.25, 0.3) is 0 Å². The second kappa shape index (κ2) is 3.21. The predicted octanol–water partition coefficient (Wildman–Crippen LogP) is 2.51. The first kappa shape index (κ1) is 9.00. The molecule has 0 aromatic heterocycles. The van der Waals surface area contributed by atoms with Gasteiger partial charge in [-0.1, -0.05) is 0 Å². The van der Waals surface area contributed by atoms with Crippen molar-refractivity contribution in [2.24, 2.45) is 11.8 Å². The molecule has 15 heavy (non-hydrogen) atoms. The smallest absolute Gasteiger partial charge is 0.0844 e. The highest BCUT2D eigenvalue weighted by Gasteiger charge is 2.47. The van der Waals surface area contributed by atoms with Crippen molar-refractivity contribution < 1.29 is 9.47 Å². The summed E-state index contributed by atoms with van der Waals surface area (Å²) in [6.45, 7) is 0. The van der Waals surface area contributed by atoms with Crippen LogP contribution < -0.4 is 0 Å². The summed E-state index contributed by atoms with van der Waals surface area (Å²) >= 11 is 0. The van der Waals surface area contributed by atoms with E-state index in [2.05, 4.69) is 0 Å². The van der Waals surface area contributed by atoms with E-state index in [1.807, 2.05) is 0 Å². The highest BCUT2D eigenvalue weighted by atomic mass is 16.6. The molecule has 2 aliphatic heterocycles. The molecule has 2 unspecified atom stereocenters. The Kier molecular flexibility index (Phi) is 1.92. The molecule has 0 radical (unpaired) electrons. The fourth-order valence-electron chi connectivity index (χ4n) is 3.87. The fourth-order valence-corrected chi connectivity index (χ4v) is 3.87. The quantitative estimate of drug-likeness (QED) is 0.651. The summed E-state index contributed by atoms with van der Waals surface area (Å²) < 4.78 is 11.2. The minimum absolute atomic E-state index is 0.664. The molecule has 2 heterocycles. The van der Waals surface area contributed by atoms with Crippen LogP contribution in [0.1, 0.15) is 44.9 Å². The molecule has 0 spiro atoms. The first-order valence-electron chi connectivity index (χ1n) is 6.69. The summed E-state index contributed by atoms with van der Waals surface area (Å²) in [7, 11) is 0. The number of ether oxygens (including phenoxy) is 2. The molecule has 6 atom stereocenters. The van der Waals surface area contributed by atoms with Gasteiger partial charge in [0, 0.05) is 0 Å². The van der Waals surface area contributed by atoms with Crippen LogP contribution in [-0.4, -0.2) is 24.4 Å². The summed E-state index contributed by atoms with van der Waals surface area (Å²) in [5.74, 6) is 1.93. The van der Waals surface area contributed by atoms with Crippen LogP contribution in [-0.2, 0) is 9.47 Å². The minimum atomic E-state index is 0.664. The maximum Gasteiger partial charge on any atom is 0.0844 e. The standard InChI is InChI=1S/C13H20O2/c1-3-10-12(14-10)6-8(1)5-9-2-4-11-13(7-9)15-11/h8-13H,1-7H2/t8?,9?,10-,11+,12+,13-. The van der Waals surface area contributed by atoms with Crippen molar-refractivity contribution in [1.29, 1.82) is 0 Å². The molecule has 4 fully saturated rings. The lowest BCUT2D eigenvalue weighted by Gasteiger charge is -2.26. The number of fused-ring (bicyclic) bond motifs is 2. The van der Waals surface area contributed by atoms with Crippen molar-refractivity contribution in [2.45, 2.75) is 69.4 Å². The normalized spacial score (nSPS) is 56.8. The van der Waals surface area contributed by atoms with Crippen LogP contribution in [0.3, 0.4) is 0 Å². The number of epoxide rings is 2. The SMILES string of the molecule is C1C[C@H]2O[C@H]2CC1CC1CC[C@@H]2O[C@@H]2C1. The van der Waals surface area contributed by atoms with Crippen LogP contribution >= 0.6 is 0 Å². The van der Waals surface area contributed by atoms with Crippen LogP contribution in [0.5, 0.6) is 0 Å². The molecule has 4 aliphatic rings. The van der Waals surface area contributed by atoms with E-state index in [-0.39, 0.29) is 0 Å². The van der Waals surface area contributed by atoms with Gasteiger partial charge in [0.15, 0.2) is 0 Å². The van der Waals surface area contributed by atoms with Crippen LogP contribution in [0, 0.1) is 11.8 Å². The lowest BCUT2D eigenvalue weighted by atomic mass is 9.78. The van der Waals surface area contributed by atoms with E-state index >= 15 is 0 Å². The second-order valence-electron chi connectivity index (χ2n) is 6.02. The Morgan fingerprint density at radius 2 is 1.20 bits per heavy atom. The van der Waals surface area contributed by atoms with Gasteiger partial charge in [-0.15, -0.1) is 0 Å². The van der Waals surface area contributed by atoms with Crippen molar-refractivity contribution in [3.05, 3.63) is 0 Å². The Bertz CT molecular complexity index is 239. The number of hydrogen-bond acceptors (Lipinski definition) is 2. The largest absolute Gasteiger partial charge is 0.370 e. The molecule has 0 bridgehead atoms. The second-order valence-corrected chi connectivity index (χ2v) is 6.02.